The molecule has 138 valence electrons. The number of carbonyl (C=O) groups is 1. The summed E-state index contributed by atoms with van der Waals surface area (Å²) in [5, 5.41) is 11.7. The standard InChI is InChI=1S/C17H14N4O3S3/c1-27(23,24)12-6-4-5-11(9-12)18-15(22)10-25-16-19-20-17-21(16)13-7-2-3-8-14(13)26-17/h2-9H,10H2,1H3,(H,18,22). The summed E-state index contributed by atoms with van der Waals surface area (Å²) in [6, 6.07) is 14.1. The van der Waals surface area contributed by atoms with Gasteiger partial charge in [0.25, 0.3) is 0 Å². The monoisotopic (exact) mass is 418 g/mol. The summed E-state index contributed by atoms with van der Waals surface area (Å²) in [4.78, 5) is 13.2. The van der Waals surface area contributed by atoms with E-state index in [4.69, 9.17) is 0 Å². The Bertz CT molecular complexity index is 1260. The van der Waals surface area contributed by atoms with Crippen LogP contribution in [-0.2, 0) is 14.6 Å². The smallest absolute Gasteiger partial charge is 0.234 e. The molecular weight excluding hydrogens is 404 g/mol. The van der Waals surface area contributed by atoms with Gasteiger partial charge in [0, 0.05) is 11.9 Å². The fraction of sp³-hybridized carbons (Fsp3) is 0.118. The Balaban J connectivity index is 1.49. The molecule has 1 amide bonds. The predicted octanol–water partition coefficient (Wildman–Crippen LogP) is 3.08. The first-order chi connectivity index (χ1) is 12.9. The van der Waals surface area contributed by atoms with Crippen LogP contribution in [0.5, 0.6) is 0 Å². The van der Waals surface area contributed by atoms with E-state index in [9.17, 15) is 13.2 Å². The van der Waals surface area contributed by atoms with Crippen molar-refractivity contribution in [2.24, 2.45) is 0 Å². The molecule has 27 heavy (non-hydrogen) atoms. The minimum atomic E-state index is -3.32. The van der Waals surface area contributed by atoms with Crippen molar-refractivity contribution in [2.75, 3.05) is 17.3 Å². The zero-order valence-electron chi connectivity index (χ0n) is 14.1. The highest BCUT2D eigenvalue weighted by Crippen LogP contribution is 2.29. The number of sulfone groups is 1. The van der Waals surface area contributed by atoms with Gasteiger partial charge in [0.1, 0.15) is 0 Å². The molecule has 0 atom stereocenters. The Morgan fingerprint density at radius 3 is 2.81 bits per heavy atom. The summed E-state index contributed by atoms with van der Waals surface area (Å²) in [6.07, 6.45) is 1.13. The lowest BCUT2D eigenvalue weighted by atomic mass is 10.3. The van der Waals surface area contributed by atoms with Gasteiger partial charge in [-0.3, -0.25) is 9.20 Å². The SMILES string of the molecule is CS(=O)(=O)c1cccc(NC(=O)CSc2nnc3sc4ccccc4n23)c1. The Hall–Kier alpha value is -2.43. The van der Waals surface area contributed by atoms with Crippen molar-refractivity contribution in [3.8, 4) is 0 Å². The van der Waals surface area contributed by atoms with Crippen LogP contribution in [0.15, 0.2) is 58.6 Å². The molecule has 0 unspecified atom stereocenters. The Morgan fingerprint density at radius 1 is 1.19 bits per heavy atom. The van der Waals surface area contributed by atoms with Crippen LogP contribution in [0.2, 0.25) is 0 Å². The second-order valence-electron chi connectivity index (χ2n) is 5.81. The molecule has 2 heterocycles. The number of thiazole rings is 1. The van der Waals surface area contributed by atoms with Gasteiger partial charge in [-0.1, -0.05) is 41.3 Å². The van der Waals surface area contributed by atoms with Crippen LogP contribution in [0.1, 0.15) is 0 Å². The third-order valence-corrected chi connectivity index (χ3v) is 6.84. The van der Waals surface area contributed by atoms with E-state index in [2.05, 4.69) is 15.5 Å². The number of hydrogen-bond donors (Lipinski definition) is 1. The minimum Gasteiger partial charge on any atom is -0.325 e. The fourth-order valence-electron chi connectivity index (χ4n) is 2.58. The summed E-state index contributed by atoms with van der Waals surface area (Å²) < 4.78 is 26.3. The lowest BCUT2D eigenvalue weighted by Crippen LogP contribution is -2.14. The molecule has 0 saturated carbocycles. The molecule has 0 aliphatic rings. The van der Waals surface area contributed by atoms with Gasteiger partial charge in [0.15, 0.2) is 15.0 Å². The van der Waals surface area contributed by atoms with Gasteiger partial charge in [-0.05, 0) is 30.3 Å². The molecule has 0 radical (unpaired) electrons. The van der Waals surface area contributed by atoms with Gasteiger partial charge in [-0.15, -0.1) is 10.2 Å². The number of amides is 1. The Kier molecular flexibility index (Phi) is 4.62. The van der Waals surface area contributed by atoms with E-state index < -0.39 is 9.84 Å². The number of nitrogens with zero attached hydrogens (tertiary/aromatic N) is 3. The van der Waals surface area contributed by atoms with Crippen molar-refractivity contribution in [1.29, 1.82) is 0 Å². The van der Waals surface area contributed by atoms with E-state index >= 15 is 0 Å². The fourth-order valence-corrected chi connectivity index (χ4v) is 5.01. The molecule has 2 aromatic heterocycles. The molecule has 0 bridgehead atoms. The van der Waals surface area contributed by atoms with E-state index in [1.165, 1.54) is 23.9 Å². The van der Waals surface area contributed by atoms with Crippen LogP contribution >= 0.6 is 23.1 Å². The van der Waals surface area contributed by atoms with E-state index in [1.54, 1.807) is 23.5 Å². The number of para-hydroxylation sites is 1. The topological polar surface area (TPSA) is 93.4 Å². The first-order valence-corrected chi connectivity index (χ1v) is 11.6. The molecule has 0 saturated heterocycles. The van der Waals surface area contributed by atoms with Gasteiger partial charge in [0.05, 0.1) is 20.9 Å². The summed E-state index contributed by atoms with van der Waals surface area (Å²) in [7, 11) is -3.32. The lowest BCUT2D eigenvalue weighted by molar-refractivity contribution is -0.113. The molecule has 10 heteroatoms. The van der Waals surface area contributed by atoms with Crippen molar-refractivity contribution in [3.63, 3.8) is 0 Å². The second-order valence-corrected chi connectivity index (χ2v) is 9.77. The van der Waals surface area contributed by atoms with Gasteiger partial charge >= 0.3 is 0 Å². The van der Waals surface area contributed by atoms with Gasteiger partial charge in [-0.25, -0.2) is 8.42 Å². The second kappa shape index (κ2) is 6.95. The minimum absolute atomic E-state index is 0.133. The van der Waals surface area contributed by atoms with Crippen molar-refractivity contribution in [3.05, 3.63) is 48.5 Å². The highest BCUT2D eigenvalue weighted by Gasteiger charge is 2.14. The third kappa shape index (κ3) is 3.68. The third-order valence-electron chi connectivity index (χ3n) is 3.79. The van der Waals surface area contributed by atoms with Crippen LogP contribution in [0, 0.1) is 0 Å². The summed E-state index contributed by atoms with van der Waals surface area (Å²) in [5.41, 5.74) is 1.45. The van der Waals surface area contributed by atoms with Crippen LogP contribution < -0.4 is 5.32 Å². The largest absolute Gasteiger partial charge is 0.325 e. The highest BCUT2D eigenvalue weighted by atomic mass is 32.2. The van der Waals surface area contributed by atoms with Crippen molar-refractivity contribution in [1.82, 2.24) is 14.6 Å². The van der Waals surface area contributed by atoms with Crippen molar-refractivity contribution in [2.45, 2.75) is 10.1 Å². The van der Waals surface area contributed by atoms with E-state index in [0.29, 0.717) is 10.8 Å². The molecule has 7 nitrogen and oxygen atoms in total. The van der Waals surface area contributed by atoms with Crippen molar-refractivity contribution < 1.29 is 13.2 Å². The number of carbonyl (C=O) groups excluding carboxylic acids is 1. The zero-order chi connectivity index (χ0) is 19.0. The quantitative estimate of drug-likeness (QED) is 0.501. The predicted molar refractivity (Wildman–Crippen MR) is 107 cm³/mol. The molecular formula is C17H14N4O3S3. The number of fused-ring (bicyclic) bond motifs is 3. The van der Waals surface area contributed by atoms with Crippen LogP contribution in [0.3, 0.4) is 0 Å². The number of thioether (sulfide) groups is 1. The number of benzene rings is 2. The van der Waals surface area contributed by atoms with Crippen LogP contribution in [-0.4, -0.2) is 40.9 Å². The molecule has 4 rings (SSSR count). The number of nitrogens with one attached hydrogen (secondary N) is 1. The maximum atomic E-state index is 12.3. The summed E-state index contributed by atoms with van der Waals surface area (Å²) >= 11 is 2.82. The maximum Gasteiger partial charge on any atom is 0.234 e. The number of rotatable bonds is 5. The average molecular weight is 419 g/mol. The normalized spacial score (nSPS) is 11.9. The van der Waals surface area contributed by atoms with Crippen LogP contribution in [0.4, 0.5) is 5.69 Å². The molecule has 0 aliphatic carbocycles. The average Bonchev–Trinajstić information content (AvgIpc) is 3.18. The van der Waals surface area contributed by atoms with Gasteiger partial charge < -0.3 is 5.32 Å². The molecule has 1 N–H and O–H groups in total. The van der Waals surface area contributed by atoms with Gasteiger partial charge in [-0.2, -0.15) is 0 Å². The lowest BCUT2D eigenvalue weighted by Gasteiger charge is -2.06. The summed E-state index contributed by atoms with van der Waals surface area (Å²) in [6.45, 7) is 0. The molecule has 0 spiro atoms. The molecule has 0 fully saturated rings. The first kappa shape index (κ1) is 18.0. The van der Waals surface area contributed by atoms with E-state index in [-0.39, 0.29) is 16.6 Å². The molecule has 4 aromatic rings. The maximum absolute atomic E-state index is 12.3. The van der Waals surface area contributed by atoms with E-state index in [1.807, 2.05) is 28.7 Å². The van der Waals surface area contributed by atoms with Crippen LogP contribution in [0.25, 0.3) is 15.2 Å². The highest BCUT2D eigenvalue weighted by molar-refractivity contribution is 7.99. The Morgan fingerprint density at radius 2 is 2.00 bits per heavy atom. The summed E-state index contributed by atoms with van der Waals surface area (Å²) in [5.74, 6) is -0.115. The molecule has 2 aromatic carbocycles. The number of anilines is 1. The Labute approximate surface area is 163 Å². The van der Waals surface area contributed by atoms with E-state index in [0.717, 1.165) is 21.4 Å². The number of aromatic nitrogens is 3. The van der Waals surface area contributed by atoms with Crippen molar-refractivity contribution >= 4 is 59.7 Å². The molecule has 0 aliphatic heterocycles. The zero-order valence-corrected chi connectivity index (χ0v) is 16.6. The van der Waals surface area contributed by atoms with Gasteiger partial charge in [0.2, 0.25) is 10.9 Å². The number of hydrogen-bond acceptors (Lipinski definition) is 7. The first-order valence-electron chi connectivity index (χ1n) is 7.87.